The van der Waals surface area contributed by atoms with E-state index in [1.165, 1.54) is 32.6 Å². The van der Waals surface area contributed by atoms with Crippen molar-refractivity contribution >= 4 is 21.8 Å². The fraction of sp³-hybridized carbons (Fsp3) is 0.632. The van der Waals surface area contributed by atoms with Gasteiger partial charge in [-0.1, -0.05) is 27.2 Å². The Balaban J connectivity index is 2.01. The summed E-state index contributed by atoms with van der Waals surface area (Å²) in [5.74, 6) is 1.40. The Hall–Kier alpha value is -1.60. The molecular weight excluding hydrogens is 352 g/mol. The highest BCUT2D eigenvalue weighted by Gasteiger charge is 2.33. The highest BCUT2D eigenvalue weighted by molar-refractivity contribution is 7.89. The second-order valence-corrected chi connectivity index (χ2v) is 9.86. The molecule has 0 aromatic heterocycles. The molecule has 1 aliphatic rings. The normalized spacial score (nSPS) is 23.9. The number of benzene rings is 1. The van der Waals surface area contributed by atoms with Gasteiger partial charge in [0.15, 0.2) is 0 Å². The number of carbonyl (C=O) groups excluding carboxylic acids is 1. The lowest BCUT2D eigenvalue weighted by Crippen LogP contribution is -2.36. The molecule has 1 saturated carbocycles. The van der Waals surface area contributed by atoms with Gasteiger partial charge in [0.2, 0.25) is 10.0 Å². The summed E-state index contributed by atoms with van der Waals surface area (Å²) in [5, 5.41) is 2.70. The topological polar surface area (TPSA) is 75.7 Å². The minimum atomic E-state index is -3.48. The van der Waals surface area contributed by atoms with Crippen molar-refractivity contribution in [2.24, 2.45) is 17.8 Å². The van der Waals surface area contributed by atoms with Crippen LogP contribution >= 0.6 is 0 Å². The maximum Gasteiger partial charge on any atom is 0.411 e. The number of nitrogens with zero attached hydrogens (tertiary/aromatic N) is 1. The van der Waals surface area contributed by atoms with Crippen LogP contribution in [0.4, 0.5) is 10.5 Å². The predicted octanol–water partition coefficient (Wildman–Crippen LogP) is 3.95. The number of ether oxygens (including phenoxy) is 1. The number of amides is 1. The van der Waals surface area contributed by atoms with Gasteiger partial charge in [0.1, 0.15) is 6.10 Å². The summed E-state index contributed by atoms with van der Waals surface area (Å²) in [6.07, 6.45) is 2.57. The van der Waals surface area contributed by atoms with Gasteiger partial charge in [0.25, 0.3) is 0 Å². The molecule has 1 amide bonds. The van der Waals surface area contributed by atoms with Crippen molar-refractivity contribution in [3.8, 4) is 0 Å². The predicted molar refractivity (Wildman–Crippen MR) is 103 cm³/mol. The van der Waals surface area contributed by atoms with Crippen molar-refractivity contribution in [3.63, 3.8) is 0 Å². The Morgan fingerprint density at radius 2 is 1.81 bits per heavy atom. The zero-order valence-electron chi connectivity index (χ0n) is 16.2. The van der Waals surface area contributed by atoms with Crippen molar-refractivity contribution in [1.29, 1.82) is 0 Å². The van der Waals surface area contributed by atoms with Gasteiger partial charge in [-0.25, -0.2) is 17.5 Å². The lowest BCUT2D eigenvalue weighted by atomic mass is 9.75. The first-order valence-electron chi connectivity index (χ1n) is 9.11. The third-order valence-corrected chi connectivity index (χ3v) is 6.93. The maximum atomic E-state index is 12.3. The van der Waals surface area contributed by atoms with E-state index in [-0.39, 0.29) is 11.0 Å². The zero-order valence-corrected chi connectivity index (χ0v) is 17.0. The second-order valence-electron chi connectivity index (χ2n) is 7.71. The minimum Gasteiger partial charge on any atom is -0.446 e. The first kappa shape index (κ1) is 20.7. The van der Waals surface area contributed by atoms with Crippen LogP contribution in [0.2, 0.25) is 0 Å². The molecule has 0 saturated heterocycles. The number of anilines is 1. The van der Waals surface area contributed by atoms with E-state index in [0.29, 0.717) is 23.4 Å². The second kappa shape index (κ2) is 8.39. The maximum absolute atomic E-state index is 12.3. The van der Waals surface area contributed by atoms with Crippen molar-refractivity contribution in [1.82, 2.24) is 4.31 Å². The summed E-state index contributed by atoms with van der Waals surface area (Å²) >= 11 is 0. The van der Waals surface area contributed by atoms with Gasteiger partial charge in [0.05, 0.1) is 4.90 Å². The van der Waals surface area contributed by atoms with Gasteiger partial charge < -0.3 is 4.74 Å². The smallest absolute Gasteiger partial charge is 0.411 e. The molecule has 1 aromatic rings. The monoisotopic (exact) mass is 382 g/mol. The van der Waals surface area contributed by atoms with Gasteiger partial charge >= 0.3 is 6.09 Å². The molecule has 146 valence electrons. The highest BCUT2D eigenvalue weighted by atomic mass is 32.2. The first-order chi connectivity index (χ1) is 12.1. The van der Waals surface area contributed by atoms with E-state index >= 15 is 0 Å². The Bertz CT molecular complexity index is 714. The van der Waals surface area contributed by atoms with Crippen LogP contribution < -0.4 is 5.32 Å². The molecule has 6 nitrogen and oxygen atoms in total. The molecule has 1 aliphatic carbocycles. The quantitative estimate of drug-likeness (QED) is 0.837. The van der Waals surface area contributed by atoms with E-state index in [9.17, 15) is 13.2 Å². The zero-order chi connectivity index (χ0) is 19.5. The molecule has 1 N–H and O–H groups in total. The summed E-state index contributed by atoms with van der Waals surface area (Å²) in [4.78, 5) is 12.5. The minimum absolute atomic E-state index is 0.0767. The molecule has 3 atom stereocenters. The fourth-order valence-corrected chi connectivity index (χ4v) is 4.36. The Kier molecular flexibility index (Phi) is 6.69. The molecule has 7 heteroatoms. The number of rotatable bonds is 5. The van der Waals surface area contributed by atoms with Crippen LogP contribution in [0.1, 0.15) is 40.0 Å². The average Bonchev–Trinajstić information content (AvgIpc) is 2.54. The van der Waals surface area contributed by atoms with Crippen LogP contribution in [-0.4, -0.2) is 39.0 Å². The van der Waals surface area contributed by atoms with Gasteiger partial charge in [-0.05, 0) is 54.9 Å². The molecule has 3 unspecified atom stereocenters. The molecule has 0 aliphatic heterocycles. The van der Waals surface area contributed by atoms with Crippen molar-refractivity contribution in [2.45, 2.75) is 51.0 Å². The molecule has 0 bridgehead atoms. The molecule has 0 heterocycles. The number of carbonyl (C=O) groups is 1. The lowest BCUT2D eigenvalue weighted by molar-refractivity contribution is 0.0126. The van der Waals surface area contributed by atoms with Gasteiger partial charge in [-0.15, -0.1) is 0 Å². The van der Waals surface area contributed by atoms with Crippen molar-refractivity contribution in [3.05, 3.63) is 24.3 Å². The van der Waals surface area contributed by atoms with Gasteiger partial charge in [-0.2, -0.15) is 0 Å². The van der Waals surface area contributed by atoms with Gasteiger partial charge in [0, 0.05) is 19.8 Å². The summed E-state index contributed by atoms with van der Waals surface area (Å²) in [5.41, 5.74) is 0.512. The van der Waals surface area contributed by atoms with Crippen molar-refractivity contribution < 1.29 is 17.9 Å². The van der Waals surface area contributed by atoms with E-state index in [0.717, 1.165) is 17.1 Å². The van der Waals surface area contributed by atoms with Crippen LogP contribution in [-0.2, 0) is 14.8 Å². The van der Waals surface area contributed by atoms with Crippen LogP contribution in [0.15, 0.2) is 29.2 Å². The Labute approximate surface area is 157 Å². The van der Waals surface area contributed by atoms with E-state index in [1.54, 1.807) is 12.1 Å². The summed E-state index contributed by atoms with van der Waals surface area (Å²) in [7, 11) is -0.516. The van der Waals surface area contributed by atoms with Crippen LogP contribution in [0.3, 0.4) is 0 Å². The largest absolute Gasteiger partial charge is 0.446 e. The van der Waals surface area contributed by atoms with Gasteiger partial charge in [-0.3, -0.25) is 5.32 Å². The molecule has 0 radical (unpaired) electrons. The number of sulfonamides is 1. The number of nitrogens with one attached hydrogen (secondary N) is 1. The number of hydrogen-bond donors (Lipinski definition) is 1. The standard InChI is InChI=1S/C19H30N2O4S/c1-13(2)17-11-6-14(3)12-18(17)25-19(22)20-15-7-9-16(10-8-15)26(23,24)21(4)5/h7-10,13-14,17-18H,6,11-12H2,1-5H3,(H,20,22). The highest BCUT2D eigenvalue weighted by Crippen LogP contribution is 2.35. The van der Waals surface area contributed by atoms with Crippen LogP contribution in [0.25, 0.3) is 0 Å². The molecule has 1 fully saturated rings. The molecule has 2 rings (SSSR count). The molecular formula is C19H30N2O4S. The summed E-state index contributed by atoms with van der Waals surface area (Å²) in [6, 6.07) is 6.09. The Morgan fingerprint density at radius 3 is 2.35 bits per heavy atom. The van der Waals surface area contributed by atoms with E-state index in [2.05, 4.69) is 26.1 Å². The third kappa shape index (κ3) is 4.98. The number of hydrogen-bond acceptors (Lipinski definition) is 4. The van der Waals surface area contributed by atoms with Crippen molar-refractivity contribution in [2.75, 3.05) is 19.4 Å². The van der Waals surface area contributed by atoms with E-state index in [1.807, 2.05) is 0 Å². The van der Waals surface area contributed by atoms with Crippen LogP contribution in [0, 0.1) is 17.8 Å². The summed E-state index contributed by atoms with van der Waals surface area (Å²) < 4.78 is 31.0. The van der Waals surface area contributed by atoms with E-state index < -0.39 is 16.1 Å². The average molecular weight is 383 g/mol. The Morgan fingerprint density at radius 1 is 1.19 bits per heavy atom. The van der Waals surface area contributed by atoms with E-state index in [4.69, 9.17) is 4.74 Å². The molecule has 26 heavy (non-hydrogen) atoms. The lowest BCUT2D eigenvalue weighted by Gasteiger charge is -2.36. The first-order valence-corrected chi connectivity index (χ1v) is 10.6. The molecule has 1 aromatic carbocycles. The third-order valence-electron chi connectivity index (χ3n) is 5.10. The van der Waals surface area contributed by atoms with Crippen LogP contribution in [0.5, 0.6) is 0 Å². The molecule has 0 spiro atoms. The fourth-order valence-electron chi connectivity index (χ4n) is 3.46. The SMILES string of the molecule is CC1CCC(C(C)C)C(OC(=O)Nc2ccc(S(=O)(=O)N(C)C)cc2)C1. The summed E-state index contributed by atoms with van der Waals surface area (Å²) in [6.45, 7) is 6.52.